The van der Waals surface area contributed by atoms with Gasteiger partial charge in [0.25, 0.3) is 0 Å². The van der Waals surface area contributed by atoms with Crippen LogP contribution in [-0.4, -0.2) is 34.5 Å². The maximum Gasteiger partial charge on any atom is 0.245 e. The minimum absolute atomic E-state index is 0.0175. The monoisotopic (exact) mass is 261 g/mol. The number of nitrogens with one attached hydrogen (secondary N) is 1. The molecule has 2 fully saturated rings. The lowest BCUT2D eigenvalue weighted by Crippen LogP contribution is -2.62. The number of hydrogen-bond acceptors (Lipinski definition) is 5. The van der Waals surface area contributed by atoms with Gasteiger partial charge in [-0.25, -0.2) is 9.97 Å². The molecule has 1 aliphatic heterocycles. The number of nitrogens with two attached hydrogens (primary N) is 1. The van der Waals surface area contributed by atoms with Crippen LogP contribution in [0.2, 0.25) is 0 Å². The molecule has 1 aromatic heterocycles. The number of carbonyl (C=O) groups excluding carboxylic acids is 1. The largest absolute Gasteiger partial charge is 0.384 e. The molecular formula is C13H19N5O. The van der Waals surface area contributed by atoms with Crippen LogP contribution in [0.4, 0.5) is 11.6 Å². The summed E-state index contributed by atoms with van der Waals surface area (Å²) in [4.78, 5) is 22.9. The van der Waals surface area contributed by atoms with Crippen LogP contribution in [0.5, 0.6) is 0 Å². The van der Waals surface area contributed by atoms with Gasteiger partial charge in [0.15, 0.2) is 0 Å². The summed E-state index contributed by atoms with van der Waals surface area (Å²) in [5.41, 5.74) is 5.27. The van der Waals surface area contributed by atoms with Crippen LogP contribution < -0.4 is 16.0 Å². The second-order valence-electron chi connectivity index (χ2n) is 5.75. The van der Waals surface area contributed by atoms with Gasteiger partial charge >= 0.3 is 0 Å². The van der Waals surface area contributed by atoms with Crippen LogP contribution >= 0.6 is 0 Å². The van der Waals surface area contributed by atoms with E-state index in [9.17, 15) is 4.79 Å². The maximum absolute atomic E-state index is 12.0. The molecule has 19 heavy (non-hydrogen) atoms. The Morgan fingerprint density at radius 1 is 1.42 bits per heavy atom. The Balaban J connectivity index is 1.98. The number of hydrogen-bond donors (Lipinski definition) is 2. The minimum Gasteiger partial charge on any atom is -0.384 e. The molecule has 0 aromatic carbocycles. The van der Waals surface area contributed by atoms with E-state index in [1.54, 1.807) is 6.07 Å². The van der Waals surface area contributed by atoms with Gasteiger partial charge in [-0.3, -0.25) is 4.79 Å². The average Bonchev–Trinajstić information content (AvgIpc) is 3.15. The zero-order valence-corrected chi connectivity index (χ0v) is 11.3. The molecule has 1 saturated carbocycles. The number of carbonyl (C=O) groups is 1. The van der Waals surface area contributed by atoms with E-state index in [-0.39, 0.29) is 5.91 Å². The standard InChI is InChI=1S/C13H19N5O/c1-13(2)12(19)15-5-6-18(13)10-7-9(14)16-11(17-10)8-3-4-8/h7-8H,3-6H2,1-2H3,(H,15,19)(H2,14,16,17). The van der Waals surface area contributed by atoms with Gasteiger partial charge in [-0.2, -0.15) is 0 Å². The van der Waals surface area contributed by atoms with Crippen molar-refractivity contribution in [3.8, 4) is 0 Å². The quantitative estimate of drug-likeness (QED) is 0.816. The Morgan fingerprint density at radius 3 is 2.84 bits per heavy atom. The second-order valence-corrected chi connectivity index (χ2v) is 5.75. The van der Waals surface area contributed by atoms with Gasteiger partial charge in [-0.15, -0.1) is 0 Å². The van der Waals surface area contributed by atoms with Crippen LogP contribution in [0, 0.1) is 0 Å². The molecular weight excluding hydrogens is 242 g/mol. The van der Waals surface area contributed by atoms with E-state index in [0.29, 0.717) is 18.3 Å². The van der Waals surface area contributed by atoms with Crippen molar-refractivity contribution in [2.75, 3.05) is 23.7 Å². The maximum atomic E-state index is 12.0. The predicted octanol–water partition coefficient (Wildman–Crippen LogP) is 0.651. The van der Waals surface area contributed by atoms with Crippen LogP contribution in [0.15, 0.2) is 6.07 Å². The van der Waals surface area contributed by atoms with Gasteiger partial charge in [0, 0.05) is 25.1 Å². The number of piperazine rings is 1. The van der Waals surface area contributed by atoms with Crippen LogP contribution in [-0.2, 0) is 4.79 Å². The Bertz CT molecular complexity index is 524. The number of nitrogens with zero attached hydrogens (tertiary/aromatic N) is 3. The zero-order valence-electron chi connectivity index (χ0n) is 11.3. The highest BCUT2D eigenvalue weighted by atomic mass is 16.2. The summed E-state index contributed by atoms with van der Waals surface area (Å²) >= 11 is 0. The molecule has 1 amide bonds. The fourth-order valence-corrected chi connectivity index (χ4v) is 2.43. The smallest absolute Gasteiger partial charge is 0.245 e. The molecule has 3 N–H and O–H groups in total. The molecule has 1 aromatic rings. The summed E-state index contributed by atoms with van der Waals surface area (Å²) in [6.07, 6.45) is 2.26. The van der Waals surface area contributed by atoms with Crippen molar-refractivity contribution in [2.24, 2.45) is 0 Å². The van der Waals surface area contributed by atoms with Gasteiger partial charge in [0.1, 0.15) is 23.0 Å². The van der Waals surface area contributed by atoms with E-state index in [1.807, 2.05) is 18.7 Å². The Kier molecular flexibility index (Phi) is 2.62. The first kappa shape index (κ1) is 12.2. The van der Waals surface area contributed by atoms with E-state index < -0.39 is 5.54 Å². The van der Waals surface area contributed by atoms with Crippen molar-refractivity contribution < 1.29 is 4.79 Å². The highest BCUT2D eigenvalue weighted by Gasteiger charge is 2.39. The van der Waals surface area contributed by atoms with Crippen molar-refractivity contribution in [3.63, 3.8) is 0 Å². The van der Waals surface area contributed by atoms with Crippen molar-refractivity contribution >= 4 is 17.5 Å². The topological polar surface area (TPSA) is 84.1 Å². The van der Waals surface area contributed by atoms with Crippen LogP contribution in [0.1, 0.15) is 38.4 Å². The van der Waals surface area contributed by atoms with Crippen LogP contribution in [0.25, 0.3) is 0 Å². The second kappa shape index (κ2) is 4.08. The van der Waals surface area contributed by atoms with Gasteiger partial charge < -0.3 is 16.0 Å². The lowest BCUT2D eigenvalue weighted by atomic mass is 9.99. The summed E-state index contributed by atoms with van der Waals surface area (Å²) in [5, 5.41) is 2.88. The third kappa shape index (κ3) is 2.11. The zero-order chi connectivity index (χ0) is 13.6. The third-order valence-electron chi connectivity index (χ3n) is 3.82. The molecule has 1 aliphatic carbocycles. The first-order chi connectivity index (χ1) is 8.98. The molecule has 0 bridgehead atoms. The molecule has 2 heterocycles. The third-order valence-corrected chi connectivity index (χ3v) is 3.82. The van der Waals surface area contributed by atoms with E-state index in [0.717, 1.165) is 31.0 Å². The highest BCUT2D eigenvalue weighted by Crippen LogP contribution is 2.39. The summed E-state index contributed by atoms with van der Waals surface area (Å²) in [6.45, 7) is 5.16. The number of nitrogen functional groups attached to an aromatic ring is 1. The summed E-state index contributed by atoms with van der Waals surface area (Å²) in [7, 11) is 0. The molecule has 6 heteroatoms. The van der Waals surface area contributed by atoms with Crippen molar-refractivity contribution in [1.29, 1.82) is 0 Å². The fraction of sp³-hybridized carbons (Fsp3) is 0.615. The first-order valence-electron chi connectivity index (χ1n) is 6.69. The SMILES string of the molecule is CC1(C)C(=O)NCCN1c1cc(N)nc(C2CC2)n1. The van der Waals surface area contributed by atoms with E-state index >= 15 is 0 Å². The van der Waals surface area contributed by atoms with Gasteiger partial charge in [-0.05, 0) is 26.7 Å². The molecule has 1 saturated heterocycles. The number of aromatic nitrogens is 2. The predicted molar refractivity (Wildman–Crippen MR) is 72.9 cm³/mol. The van der Waals surface area contributed by atoms with Crippen LogP contribution in [0.3, 0.4) is 0 Å². The van der Waals surface area contributed by atoms with Crippen molar-refractivity contribution in [2.45, 2.75) is 38.1 Å². The summed E-state index contributed by atoms with van der Waals surface area (Å²) in [5.74, 6) is 2.52. The van der Waals surface area contributed by atoms with Crippen molar-refractivity contribution in [1.82, 2.24) is 15.3 Å². The van der Waals surface area contributed by atoms with Gasteiger partial charge in [0.2, 0.25) is 5.91 Å². The molecule has 0 atom stereocenters. The first-order valence-corrected chi connectivity index (χ1v) is 6.69. The normalized spacial score (nSPS) is 22.2. The molecule has 0 spiro atoms. The minimum atomic E-state index is -0.611. The Hall–Kier alpha value is -1.85. The molecule has 0 unspecified atom stereocenters. The van der Waals surface area contributed by atoms with Crippen molar-refractivity contribution in [3.05, 3.63) is 11.9 Å². The van der Waals surface area contributed by atoms with Gasteiger partial charge in [0.05, 0.1) is 0 Å². The molecule has 6 nitrogen and oxygen atoms in total. The summed E-state index contributed by atoms with van der Waals surface area (Å²) < 4.78 is 0. The average molecular weight is 261 g/mol. The molecule has 2 aliphatic rings. The Labute approximate surface area is 112 Å². The number of anilines is 2. The van der Waals surface area contributed by atoms with E-state index in [1.165, 1.54) is 0 Å². The van der Waals surface area contributed by atoms with E-state index in [2.05, 4.69) is 15.3 Å². The van der Waals surface area contributed by atoms with Gasteiger partial charge in [-0.1, -0.05) is 0 Å². The number of amides is 1. The lowest BCUT2D eigenvalue weighted by Gasteiger charge is -2.42. The highest BCUT2D eigenvalue weighted by molar-refractivity contribution is 5.90. The number of rotatable bonds is 2. The fourth-order valence-electron chi connectivity index (χ4n) is 2.43. The van der Waals surface area contributed by atoms with E-state index in [4.69, 9.17) is 5.73 Å². The summed E-state index contributed by atoms with van der Waals surface area (Å²) in [6, 6.07) is 1.76. The Morgan fingerprint density at radius 2 is 2.16 bits per heavy atom. The molecule has 3 rings (SSSR count). The molecule has 0 radical (unpaired) electrons. The lowest BCUT2D eigenvalue weighted by molar-refractivity contribution is -0.126. The molecule has 102 valence electrons.